The highest BCUT2D eigenvalue weighted by molar-refractivity contribution is 5.78. The molecule has 2 heterocycles. The Balaban J connectivity index is 1.64. The summed E-state index contributed by atoms with van der Waals surface area (Å²) in [5.74, 6) is 2.23. The van der Waals surface area contributed by atoms with Crippen LogP contribution in [-0.2, 0) is 22.7 Å². The van der Waals surface area contributed by atoms with Gasteiger partial charge in [-0.2, -0.15) is 0 Å². The van der Waals surface area contributed by atoms with Gasteiger partial charge in [-0.1, -0.05) is 17.7 Å². The van der Waals surface area contributed by atoms with Gasteiger partial charge in [-0.3, -0.25) is 4.79 Å². The topological polar surface area (TPSA) is 69.5 Å². The van der Waals surface area contributed by atoms with E-state index in [4.69, 9.17) is 9.47 Å². The molecule has 3 rings (SSSR count). The molecule has 1 atom stereocenters. The quantitative estimate of drug-likeness (QED) is 0.835. The number of hydrogen-bond donors (Lipinski definition) is 0. The van der Waals surface area contributed by atoms with Crippen molar-refractivity contribution < 1.29 is 14.3 Å². The van der Waals surface area contributed by atoms with Crippen molar-refractivity contribution in [3.63, 3.8) is 0 Å². The van der Waals surface area contributed by atoms with Crippen LogP contribution < -0.4 is 4.74 Å². The highest BCUT2D eigenvalue weighted by Gasteiger charge is 2.31. The van der Waals surface area contributed by atoms with Crippen molar-refractivity contribution in [3.05, 3.63) is 41.5 Å². The van der Waals surface area contributed by atoms with Gasteiger partial charge in [0.2, 0.25) is 0 Å². The highest BCUT2D eigenvalue weighted by Crippen LogP contribution is 2.24. The molecule has 1 aliphatic rings. The zero-order valence-electron chi connectivity index (χ0n) is 14.2. The third-order valence-electron chi connectivity index (χ3n) is 4.24. The fourth-order valence-electron chi connectivity index (χ4n) is 2.88. The van der Waals surface area contributed by atoms with E-state index in [0.717, 1.165) is 17.2 Å². The summed E-state index contributed by atoms with van der Waals surface area (Å²) in [4.78, 5) is 14.3. The normalized spacial score (nSPS) is 16.8. The van der Waals surface area contributed by atoms with Gasteiger partial charge in [-0.15, -0.1) is 10.2 Å². The van der Waals surface area contributed by atoms with Crippen molar-refractivity contribution in [2.45, 2.75) is 33.0 Å². The Labute approximate surface area is 141 Å². The van der Waals surface area contributed by atoms with Crippen LogP contribution in [0.5, 0.6) is 5.75 Å². The number of benzene rings is 1. The van der Waals surface area contributed by atoms with E-state index < -0.39 is 0 Å². The third-order valence-corrected chi connectivity index (χ3v) is 4.24. The van der Waals surface area contributed by atoms with Crippen molar-refractivity contribution in [2.24, 2.45) is 0 Å². The summed E-state index contributed by atoms with van der Waals surface area (Å²) in [5.41, 5.74) is 1.16. The zero-order valence-corrected chi connectivity index (χ0v) is 14.2. The molecule has 1 amide bonds. The number of hydrogen-bond acceptors (Lipinski definition) is 5. The van der Waals surface area contributed by atoms with Gasteiger partial charge in [0.25, 0.3) is 5.91 Å². The molecule has 0 radical (unpaired) electrons. The van der Waals surface area contributed by atoms with Gasteiger partial charge < -0.3 is 18.9 Å². The Morgan fingerprint density at radius 3 is 2.71 bits per heavy atom. The molecule has 128 valence electrons. The monoisotopic (exact) mass is 330 g/mol. The van der Waals surface area contributed by atoms with Crippen LogP contribution in [0.1, 0.15) is 30.2 Å². The SMILES string of the molecule is COCc1nnc2n1CCN(C(=O)COc1ccc(C)cc1)[C@H]2C. The molecule has 0 saturated heterocycles. The number of aryl methyl sites for hydroxylation is 1. The first-order valence-electron chi connectivity index (χ1n) is 8.00. The van der Waals surface area contributed by atoms with Crippen molar-refractivity contribution >= 4 is 5.91 Å². The molecule has 0 unspecified atom stereocenters. The number of carbonyl (C=O) groups excluding carboxylic acids is 1. The average molecular weight is 330 g/mol. The van der Waals surface area contributed by atoms with Crippen LogP contribution >= 0.6 is 0 Å². The van der Waals surface area contributed by atoms with Gasteiger partial charge in [-0.05, 0) is 26.0 Å². The average Bonchev–Trinajstić information content (AvgIpc) is 2.99. The molecule has 0 N–H and O–H groups in total. The van der Waals surface area contributed by atoms with Crippen LogP contribution in [0.15, 0.2) is 24.3 Å². The number of aromatic nitrogens is 3. The van der Waals surface area contributed by atoms with Gasteiger partial charge in [0.1, 0.15) is 12.4 Å². The molecule has 7 nitrogen and oxygen atoms in total. The fraction of sp³-hybridized carbons (Fsp3) is 0.471. The van der Waals surface area contributed by atoms with Crippen LogP contribution in [0.25, 0.3) is 0 Å². The first-order valence-corrected chi connectivity index (χ1v) is 8.00. The van der Waals surface area contributed by atoms with E-state index in [2.05, 4.69) is 10.2 Å². The zero-order chi connectivity index (χ0) is 17.1. The lowest BCUT2D eigenvalue weighted by atomic mass is 10.2. The van der Waals surface area contributed by atoms with E-state index in [9.17, 15) is 4.79 Å². The summed E-state index contributed by atoms with van der Waals surface area (Å²) in [6, 6.07) is 7.53. The molecule has 1 aromatic carbocycles. The number of amides is 1. The Morgan fingerprint density at radius 1 is 1.25 bits per heavy atom. The van der Waals surface area contributed by atoms with Gasteiger partial charge in [0, 0.05) is 20.2 Å². The van der Waals surface area contributed by atoms with Crippen LogP contribution in [0.3, 0.4) is 0 Å². The Morgan fingerprint density at radius 2 is 2.00 bits per heavy atom. The number of rotatable bonds is 5. The molecule has 0 spiro atoms. The van der Waals surface area contributed by atoms with E-state index in [-0.39, 0.29) is 18.6 Å². The summed E-state index contributed by atoms with van der Waals surface area (Å²) in [5, 5.41) is 8.37. The summed E-state index contributed by atoms with van der Waals surface area (Å²) in [6.45, 7) is 5.69. The molecular weight excluding hydrogens is 308 g/mol. The maximum Gasteiger partial charge on any atom is 0.261 e. The molecule has 1 aliphatic heterocycles. The number of methoxy groups -OCH3 is 1. The predicted molar refractivity (Wildman–Crippen MR) is 87.5 cm³/mol. The number of carbonyl (C=O) groups is 1. The van der Waals surface area contributed by atoms with E-state index in [1.165, 1.54) is 0 Å². The minimum Gasteiger partial charge on any atom is -0.484 e. The van der Waals surface area contributed by atoms with Crippen LogP contribution in [0, 0.1) is 6.92 Å². The highest BCUT2D eigenvalue weighted by atomic mass is 16.5. The molecule has 0 bridgehead atoms. The summed E-state index contributed by atoms with van der Waals surface area (Å²) in [6.07, 6.45) is 0. The largest absolute Gasteiger partial charge is 0.484 e. The molecule has 0 aliphatic carbocycles. The second-order valence-corrected chi connectivity index (χ2v) is 5.92. The predicted octanol–water partition coefficient (Wildman–Crippen LogP) is 1.72. The second-order valence-electron chi connectivity index (χ2n) is 5.92. The first-order chi connectivity index (χ1) is 11.6. The molecule has 1 aromatic heterocycles. The van der Waals surface area contributed by atoms with Crippen molar-refractivity contribution in [1.29, 1.82) is 0 Å². The Kier molecular flexibility index (Phi) is 4.80. The minimum atomic E-state index is -0.133. The van der Waals surface area contributed by atoms with E-state index >= 15 is 0 Å². The van der Waals surface area contributed by atoms with E-state index in [1.54, 1.807) is 12.0 Å². The molecule has 24 heavy (non-hydrogen) atoms. The van der Waals surface area contributed by atoms with Crippen molar-refractivity contribution in [3.8, 4) is 5.75 Å². The Bertz CT molecular complexity index is 711. The maximum absolute atomic E-state index is 12.5. The molecule has 7 heteroatoms. The molecule has 0 saturated carbocycles. The maximum atomic E-state index is 12.5. The lowest BCUT2D eigenvalue weighted by Gasteiger charge is -2.33. The fourth-order valence-corrected chi connectivity index (χ4v) is 2.88. The third kappa shape index (κ3) is 3.26. The first kappa shape index (κ1) is 16.4. The molecule has 0 fully saturated rings. The van der Waals surface area contributed by atoms with Crippen LogP contribution in [0.4, 0.5) is 0 Å². The van der Waals surface area contributed by atoms with Crippen molar-refractivity contribution in [1.82, 2.24) is 19.7 Å². The van der Waals surface area contributed by atoms with Crippen molar-refractivity contribution in [2.75, 3.05) is 20.3 Å². The number of nitrogens with zero attached hydrogens (tertiary/aromatic N) is 4. The van der Waals surface area contributed by atoms with Gasteiger partial charge in [0.15, 0.2) is 18.3 Å². The molecule has 2 aromatic rings. The summed E-state index contributed by atoms with van der Waals surface area (Å²) < 4.78 is 12.8. The number of fused-ring (bicyclic) bond motifs is 1. The van der Waals surface area contributed by atoms with Gasteiger partial charge in [-0.25, -0.2) is 0 Å². The number of ether oxygens (including phenoxy) is 2. The molecular formula is C17H22N4O3. The lowest BCUT2D eigenvalue weighted by Crippen LogP contribution is -2.43. The van der Waals surface area contributed by atoms with Crippen LogP contribution in [0.2, 0.25) is 0 Å². The standard InChI is InChI=1S/C17H22N4O3/c1-12-4-6-14(7-5-12)24-11-16(22)20-8-9-21-15(10-23-3)18-19-17(21)13(20)2/h4-7,13H,8-11H2,1-3H3/t13-/m0/s1. The van der Waals surface area contributed by atoms with E-state index in [1.807, 2.05) is 42.7 Å². The summed E-state index contributed by atoms with van der Waals surface area (Å²) in [7, 11) is 1.63. The van der Waals surface area contributed by atoms with Crippen LogP contribution in [-0.4, -0.2) is 45.8 Å². The summed E-state index contributed by atoms with van der Waals surface area (Å²) >= 11 is 0. The van der Waals surface area contributed by atoms with Gasteiger partial charge >= 0.3 is 0 Å². The Hall–Kier alpha value is -2.41. The minimum absolute atomic E-state index is 0.0203. The lowest BCUT2D eigenvalue weighted by molar-refractivity contribution is -0.136. The smallest absolute Gasteiger partial charge is 0.261 e. The van der Waals surface area contributed by atoms with E-state index in [0.29, 0.717) is 25.4 Å². The van der Waals surface area contributed by atoms with Gasteiger partial charge in [0.05, 0.1) is 6.04 Å². The second kappa shape index (κ2) is 7.00.